The molecular weight excluding hydrogens is 569 g/mol. The van der Waals surface area contributed by atoms with Crippen molar-refractivity contribution in [1.82, 2.24) is 29.3 Å². The number of ether oxygens (including phenoxy) is 1. The summed E-state index contributed by atoms with van der Waals surface area (Å²) in [6.07, 6.45) is -3.55. The third-order valence-electron chi connectivity index (χ3n) is 7.48. The van der Waals surface area contributed by atoms with Gasteiger partial charge in [0.05, 0.1) is 11.7 Å². The van der Waals surface area contributed by atoms with E-state index in [1.807, 2.05) is 18.4 Å². The maximum absolute atomic E-state index is 15.1. The number of imidazole rings is 1. The minimum Gasteiger partial charge on any atom is -0.484 e. The molecule has 0 amide bonds. The molecule has 43 heavy (non-hydrogen) atoms. The number of rotatable bonds is 9. The van der Waals surface area contributed by atoms with Gasteiger partial charge in [-0.15, -0.1) is 0 Å². The lowest BCUT2D eigenvalue weighted by Gasteiger charge is -2.34. The van der Waals surface area contributed by atoms with Gasteiger partial charge in [0.2, 0.25) is 5.95 Å². The summed E-state index contributed by atoms with van der Waals surface area (Å²) in [7, 11) is 0. The van der Waals surface area contributed by atoms with Crippen molar-refractivity contribution in [3.8, 4) is 17.0 Å². The Labute approximate surface area is 246 Å². The Morgan fingerprint density at radius 3 is 2.37 bits per heavy atom. The molecule has 4 aromatic rings. The average Bonchev–Trinajstić information content (AvgIpc) is 3.30. The number of likely N-dealkylation sites (N-methyl/N-ethyl adjacent to an activating group) is 1. The molecule has 0 bridgehead atoms. The maximum Gasteiger partial charge on any atom is 0.422 e. The zero-order chi connectivity index (χ0) is 30.9. The summed E-state index contributed by atoms with van der Waals surface area (Å²) < 4.78 is 76.2. The first kappa shape index (κ1) is 30.6. The summed E-state index contributed by atoms with van der Waals surface area (Å²) in [6, 6.07) is 7.62. The van der Waals surface area contributed by atoms with Crippen LogP contribution >= 0.6 is 0 Å². The Balaban J connectivity index is 1.43. The summed E-state index contributed by atoms with van der Waals surface area (Å²) >= 11 is 0. The zero-order valence-corrected chi connectivity index (χ0v) is 24.5. The van der Waals surface area contributed by atoms with E-state index in [9.17, 15) is 17.6 Å². The molecule has 0 spiro atoms. The molecule has 1 fully saturated rings. The molecule has 8 nitrogen and oxygen atoms in total. The van der Waals surface area contributed by atoms with Crippen LogP contribution in [0.1, 0.15) is 38.2 Å². The molecule has 13 heteroatoms. The van der Waals surface area contributed by atoms with E-state index < -0.39 is 24.4 Å². The predicted octanol–water partition coefficient (Wildman–Crippen LogP) is 6.48. The first-order valence-electron chi connectivity index (χ1n) is 14.2. The fourth-order valence-corrected chi connectivity index (χ4v) is 5.38. The standard InChI is InChI=1S/C30H34F5N7O/c1-5-40-8-10-41(11-9-40)16-20-6-7-22(14-26(20)43-17-30(33,34)35)38-29-36-15-24(32)27(39-29)21-12-23(31)28-25(13-21)42(18(2)3)19(4)37-28/h6-7,12-15,18H,5,8-11,16-17H2,1-4H3,(H,36,38,39). The van der Waals surface area contributed by atoms with E-state index in [-0.39, 0.29) is 34.5 Å². The monoisotopic (exact) mass is 603 g/mol. The van der Waals surface area contributed by atoms with Gasteiger partial charge in [-0.2, -0.15) is 13.2 Å². The van der Waals surface area contributed by atoms with E-state index in [2.05, 4.69) is 37.0 Å². The highest BCUT2D eigenvalue weighted by molar-refractivity contribution is 5.83. The SMILES string of the molecule is CCN1CCN(Cc2ccc(Nc3ncc(F)c(-c4cc(F)c5nc(C)n(C(C)C)c5c4)n3)cc2OCC(F)(F)F)CC1. The summed E-state index contributed by atoms with van der Waals surface area (Å²) in [5.74, 6) is -0.685. The summed E-state index contributed by atoms with van der Waals surface area (Å²) in [5, 5.41) is 2.93. The molecule has 2 aromatic carbocycles. The van der Waals surface area contributed by atoms with E-state index in [4.69, 9.17) is 4.74 Å². The third-order valence-corrected chi connectivity index (χ3v) is 7.48. The predicted molar refractivity (Wildman–Crippen MR) is 154 cm³/mol. The normalized spacial score (nSPS) is 15.0. The maximum atomic E-state index is 15.1. The average molecular weight is 604 g/mol. The Kier molecular flexibility index (Phi) is 8.84. The molecule has 1 N–H and O–H groups in total. The van der Waals surface area contributed by atoms with E-state index >= 15 is 4.39 Å². The summed E-state index contributed by atoms with van der Waals surface area (Å²) in [5.41, 5.74) is 1.71. The van der Waals surface area contributed by atoms with Crippen molar-refractivity contribution in [3.63, 3.8) is 0 Å². The molecular formula is C30H34F5N7O. The number of alkyl halides is 3. The number of nitrogens with one attached hydrogen (secondary N) is 1. The quantitative estimate of drug-likeness (QED) is 0.220. The van der Waals surface area contributed by atoms with Crippen LogP contribution < -0.4 is 10.1 Å². The van der Waals surface area contributed by atoms with Gasteiger partial charge in [-0.05, 0) is 45.5 Å². The van der Waals surface area contributed by atoms with Crippen molar-refractivity contribution < 1.29 is 26.7 Å². The van der Waals surface area contributed by atoms with Gasteiger partial charge >= 0.3 is 6.18 Å². The summed E-state index contributed by atoms with van der Waals surface area (Å²) in [4.78, 5) is 17.1. The number of hydrogen-bond donors (Lipinski definition) is 1. The van der Waals surface area contributed by atoms with E-state index in [1.165, 1.54) is 12.1 Å². The van der Waals surface area contributed by atoms with Crippen molar-refractivity contribution in [1.29, 1.82) is 0 Å². The number of fused-ring (bicyclic) bond motifs is 1. The molecule has 3 heterocycles. The van der Waals surface area contributed by atoms with Gasteiger partial charge in [0.1, 0.15) is 22.8 Å². The van der Waals surface area contributed by atoms with Gasteiger partial charge in [-0.25, -0.2) is 23.7 Å². The van der Waals surface area contributed by atoms with Crippen LogP contribution in [0, 0.1) is 18.6 Å². The van der Waals surface area contributed by atoms with E-state index in [0.717, 1.165) is 38.9 Å². The van der Waals surface area contributed by atoms with Gasteiger partial charge in [-0.1, -0.05) is 13.0 Å². The van der Waals surface area contributed by atoms with Crippen LogP contribution in [0.15, 0.2) is 36.5 Å². The number of nitrogens with zero attached hydrogens (tertiary/aromatic N) is 6. The van der Waals surface area contributed by atoms with Gasteiger partial charge in [-0.3, -0.25) is 4.90 Å². The van der Waals surface area contributed by atoms with Crippen molar-refractivity contribution >= 4 is 22.7 Å². The summed E-state index contributed by atoms with van der Waals surface area (Å²) in [6.45, 7) is 11.1. The second-order valence-corrected chi connectivity index (χ2v) is 10.9. The van der Waals surface area contributed by atoms with Crippen molar-refractivity contribution in [2.75, 3.05) is 44.6 Å². The molecule has 0 unspecified atom stereocenters. The van der Waals surface area contributed by atoms with Crippen molar-refractivity contribution in [2.45, 2.75) is 46.5 Å². The van der Waals surface area contributed by atoms with E-state index in [0.29, 0.717) is 29.1 Å². The lowest BCUT2D eigenvalue weighted by molar-refractivity contribution is -0.153. The molecule has 5 rings (SSSR count). The number of piperazine rings is 1. The molecule has 0 atom stereocenters. The van der Waals surface area contributed by atoms with Gasteiger partial charge in [0.15, 0.2) is 18.2 Å². The molecule has 0 saturated carbocycles. The highest BCUT2D eigenvalue weighted by Crippen LogP contribution is 2.32. The minimum atomic E-state index is -4.51. The number of halogens is 5. The number of aromatic nitrogens is 4. The van der Waals surface area contributed by atoms with Crippen LogP contribution in [0.2, 0.25) is 0 Å². The van der Waals surface area contributed by atoms with Crippen molar-refractivity contribution in [2.24, 2.45) is 0 Å². The van der Waals surface area contributed by atoms with E-state index in [1.54, 1.807) is 25.1 Å². The molecule has 1 saturated heterocycles. The fraction of sp³-hybridized carbons (Fsp3) is 0.433. The number of benzene rings is 2. The lowest BCUT2D eigenvalue weighted by atomic mass is 10.1. The van der Waals surface area contributed by atoms with Gasteiger partial charge in [0, 0.05) is 61.6 Å². The van der Waals surface area contributed by atoms with Gasteiger partial charge in [0.25, 0.3) is 0 Å². The number of hydrogen-bond acceptors (Lipinski definition) is 7. The first-order chi connectivity index (χ1) is 20.4. The highest BCUT2D eigenvalue weighted by atomic mass is 19.4. The highest BCUT2D eigenvalue weighted by Gasteiger charge is 2.29. The largest absolute Gasteiger partial charge is 0.484 e. The smallest absolute Gasteiger partial charge is 0.422 e. The van der Waals surface area contributed by atoms with Gasteiger partial charge < -0.3 is 19.5 Å². The molecule has 230 valence electrons. The number of aryl methyl sites for hydroxylation is 1. The van der Waals surface area contributed by atoms with Crippen LogP contribution in [-0.2, 0) is 6.54 Å². The van der Waals surface area contributed by atoms with Crippen LogP contribution in [0.3, 0.4) is 0 Å². The molecule has 1 aliphatic heterocycles. The zero-order valence-electron chi connectivity index (χ0n) is 24.5. The second-order valence-electron chi connectivity index (χ2n) is 10.9. The first-order valence-corrected chi connectivity index (χ1v) is 14.2. The Hall–Kier alpha value is -3.84. The third kappa shape index (κ3) is 7.04. The second kappa shape index (κ2) is 12.4. The topological polar surface area (TPSA) is 71.3 Å². The van der Waals surface area contributed by atoms with Crippen LogP contribution in [-0.4, -0.2) is 74.8 Å². The minimum absolute atomic E-state index is 0.00944. The number of anilines is 2. The van der Waals surface area contributed by atoms with Crippen molar-refractivity contribution in [3.05, 3.63) is 59.6 Å². The lowest BCUT2D eigenvalue weighted by Crippen LogP contribution is -2.45. The Morgan fingerprint density at radius 1 is 0.977 bits per heavy atom. The molecule has 1 aliphatic rings. The molecule has 2 aromatic heterocycles. The van der Waals surface area contributed by atoms with Crippen LogP contribution in [0.4, 0.5) is 33.6 Å². The van der Waals surface area contributed by atoms with Crippen LogP contribution in [0.25, 0.3) is 22.3 Å². The Bertz CT molecular complexity index is 1600. The molecule has 0 aliphatic carbocycles. The van der Waals surface area contributed by atoms with Crippen LogP contribution in [0.5, 0.6) is 5.75 Å². The Morgan fingerprint density at radius 2 is 1.70 bits per heavy atom. The fourth-order valence-electron chi connectivity index (χ4n) is 5.38. The molecule has 0 radical (unpaired) electrons.